The highest BCUT2D eigenvalue weighted by Crippen LogP contribution is 2.44. The predicted octanol–water partition coefficient (Wildman–Crippen LogP) is 6.68. The Morgan fingerprint density at radius 1 is 1.17 bits per heavy atom. The monoisotopic (exact) mass is 556 g/mol. The first-order chi connectivity index (χ1) is 16.6. The Labute approximate surface area is 219 Å². The minimum Gasteiger partial charge on any atom is -0.489 e. The van der Waals surface area contributed by atoms with Crippen LogP contribution in [0.1, 0.15) is 47.6 Å². The standard InChI is InChI=1S/C28H29BrO5S/c1-6-11-32-26-16(2)17(3)27-20(18(26)4)9-10-28(5,34-27)15-33-23-8-7-19(12-21(23)29)13-24-22(30)14-25(31)35-24/h6-8,12-13H,1,9-11,14-15H2,2-5H3/b24-13-. The zero-order valence-electron chi connectivity index (χ0n) is 20.5. The molecule has 0 bridgehead atoms. The molecule has 0 aliphatic carbocycles. The lowest BCUT2D eigenvalue weighted by molar-refractivity contribution is -0.119. The van der Waals surface area contributed by atoms with Gasteiger partial charge in [-0.2, -0.15) is 0 Å². The number of ether oxygens (including phenoxy) is 3. The molecule has 1 atom stereocenters. The number of rotatable bonds is 7. The molecule has 0 saturated carbocycles. The van der Waals surface area contributed by atoms with Gasteiger partial charge in [-0.15, -0.1) is 0 Å². The van der Waals surface area contributed by atoms with Crippen molar-refractivity contribution < 1.29 is 23.8 Å². The summed E-state index contributed by atoms with van der Waals surface area (Å²) in [6.07, 6.45) is 5.18. The molecule has 184 valence electrons. The van der Waals surface area contributed by atoms with Crippen molar-refractivity contribution in [2.75, 3.05) is 13.2 Å². The molecule has 2 heterocycles. The molecule has 1 fully saturated rings. The summed E-state index contributed by atoms with van der Waals surface area (Å²) < 4.78 is 19.5. The zero-order chi connectivity index (χ0) is 25.3. The summed E-state index contributed by atoms with van der Waals surface area (Å²) >= 11 is 4.58. The Balaban J connectivity index is 1.49. The van der Waals surface area contributed by atoms with Crippen LogP contribution in [-0.4, -0.2) is 29.7 Å². The van der Waals surface area contributed by atoms with E-state index < -0.39 is 5.60 Å². The van der Waals surface area contributed by atoms with E-state index in [1.54, 1.807) is 12.2 Å². The van der Waals surface area contributed by atoms with Crippen molar-refractivity contribution in [2.24, 2.45) is 0 Å². The summed E-state index contributed by atoms with van der Waals surface area (Å²) in [5, 5.41) is -0.108. The number of halogens is 1. The van der Waals surface area contributed by atoms with Crippen molar-refractivity contribution in [1.29, 1.82) is 0 Å². The number of hydrogen-bond donors (Lipinski definition) is 0. The Hall–Kier alpha value is -2.51. The van der Waals surface area contributed by atoms with E-state index in [0.717, 1.165) is 62.8 Å². The van der Waals surface area contributed by atoms with Crippen molar-refractivity contribution in [2.45, 2.75) is 52.6 Å². The molecule has 2 aliphatic rings. The number of thioether (sulfide) groups is 1. The van der Waals surface area contributed by atoms with Gasteiger partial charge in [0.2, 0.25) is 5.12 Å². The van der Waals surface area contributed by atoms with Crippen LogP contribution in [0.2, 0.25) is 0 Å². The summed E-state index contributed by atoms with van der Waals surface area (Å²) in [4.78, 5) is 23.9. The molecule has 2 aromatic carbocycles. The van der Waals surface area contributed by atoms with Gasteiger partial charge in [-0.05, 0) is 109 Å². The van der Waals surface area contributed by atoms with E-state index >= 15 is 0 Å². The number of carbonyl (C=O) groups excluding carboxylic acids is 2. The maximum Gasteiger partial charge on any atom is 0.201 e. The fourth-order valence-electron chi connectivity index (χ4n) is 4.39. The molecule has 0 spiro atoms. The van der Waals surface area contributed by atoms with Gasteiger partial charge < -0.3 is 14.2 Å². The number of hydrogen-bond acceptors (Lipinski definition) is 6. The van der Waals surface area contributed by atoms with Gasteiger partial charge in [-0.3, -0.25) is 9.59 Å². The molecule has 0 N–H and O–H groups in total. The van der Waals surface area contributed by atoms with Crippen molar-refractivity contribution in [1.82, 2.24) is 0 Å². The van der Waals surface area contributed by atoms with Crippen molar-refractivity contribution in [3.63, 3.8) is 0 Å². The first kappa shape index (κ1) is 25.6. The molecule has 35 heavy (non-hydrogen) atoms. The molecule has 0 aromatic heterocycles. The molecule has 2 aromatic rings. The predicted molar refractivity (Wildman–Crippen MR) is 144 cm³/mol. The van der Waals surface area contributed by atoms with Gasteiger partial charge in [0, 0.05) is 5.56 Å². The van der Waals surface area contributed by atoms with Crippen LogP contribution in [0.4, 0.5) is 0 Å². The molecular formula is C28H29BrO5S. The Kier molecular flexibility index (Phi) is 7.48. The molecule has 4 rings (SSSR count). The maximum absolute atomic E-state index is 11.9. The highest BCUT2D eigenvalue weighted by Gasteiger charge is 2.36. The van der Waals surface area contributed by atoms with E-state index in [4.69, 9.17) is 14.2 Å². The summed E-state index contributed by atoms with van der Waals surface area (Å²) in [6, 6.07) is 5.63. The summed E-state index contributed by atoms with van der Waals surface area (Å²) in [5.41, 5.74) is 4.85. The normalized spacial score (nSPS) is 20.5. The molecule has 0 amide bonds. The second-order valence-electron chi connectivity index (χ2n) is 9.22. The van der Waals surface area contributed by atoms with E-state index in [-0.39, 0.29) is 17.3 Å². The third-order valence-electron chi connectivity index (χ3n) is 6.50. The third-order valence-corrected chi connectivity index (χ3v) is 8.06. The Bertz CT molecular complexity index is 1250. The minimum absolute atomic E-state index is 0.0255. The second kappa shape index (κ2) is 10.2. The van der Waals surface area contributed by atoms with Crippen LogP contribution in [-0.2, 0) is 16.0 Å². The lowest BCUT2D eigenvalue weighted by Crippen LogP contribution is -2.42. The van der Waals surface area contributed by atoms with E-state index in [9.17, 15) is 9.59 Å². The molecule has 1 saturated heterocycles. The number of carbonyl (C=O) groups is 2. The first-order valence-electron chi connectivity index (χ1n) is 11.5. The molecule has 7 heteroatoms. The largest absolute Gasteiger partial charge is 0.489 e. The Morgan fingerprint density at radius 3 is 2.60 bits per heavy atom. The van der Waals surface area contributed by atoms with Crippen LogP contribution < -0.4 is 14.2 Å². The van der Waals surface area contributed by atoms with Crippen molar-refractivity contribution >= 4 is 44.7 Å². The maximum atomic E-state index is 11.9. The van der Waals surface area contributed by atoms with Crippen LogP contribution in [0.5, 0.6) is 17.2 Å². The lowest BCUT2D eigenvalue weighted by atomic mass is 9.87. The summed E-state index contributed by atoms with van der Waals surface area (Å²) in [5.74, 6) is 2.42. The topological polar surface area (TPSA) is 61.8 Å². The molecule has 0 radical (unpaired) electrons. The van der Waals surface area contributed by atoms with Crippen molar-refractivity contribution in [3.8, 4) is 17.2 Å². The third kappa shape index (κ3) is 5.36. The fourth-order valence-corrected chi connectivity index (χ4v) is 5.73. The van der Waals surface area contributed by atoms with E-state index in [0.29, 0.717) is 23.9 Å². The number of Topliss-reactive ketones (excluding diaryl/α,β-unsaturated/α-hetero) is 1. The second-order valence-corrected chi connectivity index (χ2v) is 11.2. The average molecular weight is 558 g/mol. The van der Waals surface area contributed by atoms with Crippen molar-refractivity contribution in [3.05, 3.63) is 68.0 Å². The zero-order valence-corrected chi connectivity index (χ0v) is 22.9. The fraction of sp³-hybridized carbons (Fsp3) is 0.357. The van der Waals surface area contributed by atoms with E-state index in [1.807, 2.05) is 18.2 Å². The SMILES string of the molecule is C=CCOc1c(C)c(C)c2c(c1C)CCC(C)(COc1ccc(/C=C3\SC(=O)CC3=O)cc1Br)O2. The lowest BCUT2D eigenvalue weighted by Gasteiger charge is -2.38. The van der Waals surface area contributed by atoms with E-state index in [2.05, 4.69) is 50.2 Å². The molecule has 1 unspecified atom stereocenters. The quantitative estimate of drug-likeness (QED) is 0.215. The minimum atomic E-state index is -0.479. The van der Waals surface area contributed by atoms with Crippen LogP contribution in [0.25, 0.3) is 6.08 Å². The Morgan fingerprint density at radius 2 is 1.94 bits per heavy atom. The molecule has 5 nitrogen and oxygen atoms in total. The van der Waals surface area contributed by atoms with Crippen LogP contribution in [0.15, 0.2) is 40.2 Å². The summed E-state index contributed by atoms with van der Waals surface area (Å²) in [6.45, 7) is 12.9. The van der Waals surface area contributed by atoms with Gasteiger partial charge in [0.15, 0.2) is 5.78 Å². The smallest absolute Gasteiger partial charge is 0.201 e. The van der Waals surface area contributed by atoms with Crippen LogP contribution in [0, 0.1) is 20.8 Å². The van der Waals surface area contributed by atoms with Gasteiger partial charge in [-0.25, -0.2) is 0 Å². The van der Waals surface area contributed by atoms with Gasteiger partial charge in [0.05, 0.1) is 15.8 Å². The number of ketones is 1. The van der Waals surface area contributed by atoms with Gasteiger partial charge in [0.25, 0.3) is 0 Å². The van der Waals surface area contributed by atoms with Crippen LogP contribution >= 0.6 is 27.7 Å². The van der Waals surface area contributed by atoms with Gasteiger partial charge in [0.1, 0.15) is 36.1 Å². The van der Waals surface area contributed by atoms with Gasteiger partial charge >= 0.3 is 0 Å². The first-order valence-corrected chi connectivity index (χ1v) is 13.2. The van der Waals surface area contributed by atoms with Crippen LogP contribution in [0.3, 0.4) is 0 Å². The average Bonchev–Trinajstić information content (AvgIpc) is 3.13. The highest BCUT2D eigenvalue weighted by molar-refractivity contribution is 9.10. The van der Waals surface area contributed by atoms with Gasteiger partial charge in [-0.1, -0.05) is 18.7 Å². The summed E-state index contributed by atoms with van der Waals surface area (Å²) in [7, 11) is 0. The van der Waals surface area contributed by atoms with E-state index in [1.165, 1.54) is 5.56 Å². The number of benzene rings is 2. The molecular weight excluding hydrogens is 528 g/mol. The number of allylic oxidation sites excluding steroid dienone is 1. The number of fused-ring (bicyclic) bond motifs is 1. The highest BCUT2D eigenvalue weighted by atomic mass is 79.9. The molecule has 2 aliphatic heterocycles.